The maximum atomic E-state index is 10.5. The van der Waals surface area contributed by atoms with Crippen LogP contribution in [0.3, 0.4) is 0 Å². The lowest BCUT2D eigenvalue weighted by Gasteiger charge is -2.12. The first-order chi connectivity index (χ1) is 7.00. The summed E-state index contributed by atoms with van der Waals surface area (Å²) in [7, 11) is 3.71. The van der Waals surface area contributed by atoms with Gasteiger partial charge in [-0.05, 0) is 12.1 Å². The van der Waals surface area contributed by atoms with Crippen LogP contribution in [0.4, 0.5) is 0 Å². The van der Waals surface area contributed by atoms with E-state index in [-0.39, 0.29) is 5.69 Å². The largest absolute Gasteiger partial charge is 0.477 e. The first-order valence-corrected chi connectivity index (χ1v) is 5.31. The molecule has 0 aliphatic carbocycles. The molecule has 0 aliphatic heterocycles. The molecule has 0 saturated carbocycles. The van der Waals surface area contributed by atoms with Crippen LogP contribution in [0.2, 0.25) is 0 Å². The van der Waals surface area contributed by atoms with Gasteiger partial charge >= 0.3 is 5.97 Å². The molecule has 1 rings (SSSR count). The Morgan fingerprint density at radius 1 is 1.53 bits per heavy atom. The normalized spacial score (nSPS) is 9.73. The van der Waals surface area contributed by atoms with Crippen LogP contribution in [-0.4, -0.2) is 39.4 Å². The monoisotopic (exact) mass is 242 g/mol. The van der Waals surface area contributed by atoms with Gasteiger partial charge in [0.25, 0.3) is 0 Å². The Labute approximate surface area is 97.3 Å². The summed E-state index contributed by atoms with van der Waals surface area (Å²) < 4.78 is 0.708. The molecule has 0 aliphatic rings. The van der Waals surface area contributed by atoms with Crippen molar-refractivity contribution in [2.45, 2.75) is 4.90 Å². The van der Waals surface area contributed by atoms with Crippen LogP contribution >= 0.6 is 24.0 Å². The number of aromatic carboxylic acids is 1. The Hall–Kier alpha value is -1.14. The molecule has 0 bridgehead atoms. The van der Waals surface area contributed by atoms with Crippen molar-refractivity contribution in [3.8, 4) is 0 Å². The number of aromatic nitrogens is 1. The second-order valence-corrected chi connectivity index (χ2v) is 4.65. The van der Waals surface area contributed by atoms with Crippen LogP contribution < -0.4 is 0 Å². The SMILES string of the molecule is CN(C)C(=S)Sc1ccc(C(=O)O)nc1. The van der Waals surface area contributed by atoms with Gasteiger partial charge in [-0.25, -0.2) is 9.78 Å². The molecule has 15 heavy (non-hydrogen) atoms. The summed E-state index contributed by atoms with van der Waals surface area (Å²) in [5.74, 6) is -1.03. The Balaban J connectivity index is 2.73. The van der Waals surface area contributed by atoms with Crippen molar-refractivity contribution in [1.82, 2.24) is 9.88 Å². The quantitative estimate of drug-likeness (QED) is 0.629. The summed E-state index contributed by atoms with van der Waals surface area (Å²) in [6.45, 7) is 0. The smallest absolute Gasteiger partial charge is 0.354 e. The molecule has 0 spiro atoms. The van der Waals surface area contributed by atoms with Gasteiger partial charge in [-0.2, -0.15) is 0 Å². The molecule has 0 atom stereocenters. The van der Waals surface area contributed by atoms with Crippen LogP contribution in [0.25, 0.3) is 0 Å². The van der Waals surface area contributed by atoms with Gasteiger partial charge in [-0.15, -0.1) is 0 Å². The predicted molar refractivity (Wildman–Crippen MR) is 63.3 cm³/mol. The number of rotatable bonds is 2. The molecule has 0 unspecified atom stereocenters. The fourth-order valence-corrected chi connectivity index (χ4v) is 1.67. The van der Waals surface area contributed by atoms with E-state index in [0.29, 0.717) is 4.32 Å². The zero-order chi connectivity index (χ0) is 11.4. The van der Waals surface area contributed by atoms with Crippen molar-refractivity contribution in [3.63, 3.8) is 0 Å². The predicted octanol–water partition coefficient (Wildman–Crippen LogP) is 1.72. The summed E-state index contributed by atoms with van der Waals surface area (Å²) in [6.07, 6.45) is 1.50. The van der Waals surface area contributed by atoms with Gasteiger partial charge in [-0.1, -0.05) is 24.0 Å². The molecule has 1 aromatic heterocycles. The topological polar surface area (TPSA) is 53.4 Å². The van der Waals surface area contributed by atoms with Gasteiger partial charge in [-0.3, -0.25) is 0 Å². The number of thiocarbonyl (C=S) groups is 1. The van der Waals surface area contributed by atoms with E-state index < -0.39 is 5.97 Å². The fourth-order valence-electron chi connectivity index (χ4n) is 0.759. The zero-order valence-corrected chi connectivity index (χ0v) is 9.93. The summed E-state index contributed by atoms with van der Waals surface area (Å²) in [6, 6.07) is 3.15. The van der Waals surface area contributed by atoms with Gasteiger partial charge in [0.2, 0.25) is 0 Å². The van der Waals surface area contributed by atoms with Crippen molar-refractivity contribution in [2.24, 2.45) is 0 Å². The van der Waals surface area contributed by atoms with Crippen LogP contribution in [0.5, 0.6) is 0 Å². The number of hydrogen-bond donors (Lipinski definition) is 1. The van der Waals surface area contributed by atoms with E-state index in [0.717, 1.165) is 4.90 Å². The van der Waals surface area contributed by atoms with E-state index in [1.165, 1.54) is 24.0 Å². The molecule has 80 valence electrons. The molecule has 0 fully saturated rings. The lowest BCUT2D eigenvalue weighted by atomic mass is 10.4. The molecular formula is C9H10N2O2S2. The molecular weight excluding hydrogens is 232 g/mol. The average molecular weight is 242 g/mol. The molecule has 1 heterocycles. The molecule has 1 aromatic rings. The van der Waals surface area contributed by atoms with Crippen molar-refractivity contribution in [3.05, 3.63) is 24.0 Å². The highest BCUT2D eigenvalue weighted by molar-refractivity contribution is 8.22. The highest BCUT2D eigenvalue weighted by Gasteiger charge is 2.06. The minimum absolute atomic E-state index is 0.0371. The second kappa shape index (κ2) is 5.09. The van der Waals surface area contributed by atoms with E-state index in [4.69, 9.17) is 17.3 Å². The Morgan fingerprint density at radius 2 is 2.20 bits per heavy atom. The zero-order valence-electron chi connectivity index (χ0n) is 8.30. The molecule has 6 heteroatoms. The van der Waals surface area contributed by atoms with Gasteiger partial charge < -0.3 is 10.0 Å². The lowest BCUT2D eigenvalue weighted by Crippen LogP contribution is -2.15. The molecule has 1 N–H and O–H groups in total. The van der Waals surface area contributed by atoms with Crippen LogP contribution in [-0.2, 0) is 0 Å². The third-order valence-corrected chi connectivity index (χ3v) is 3.16. The van der Waals surface area contributed by atoms with E-state index in [1.807, 2.05) is 19.0 Å². The maximum absolute atomic E-state index is 10.5. The third kappa shape index (κ3) is 3.49. The Bertz CT molecular complexity index is 376. The summed E-state index contributed by atoms with van der Waals surface area (Å²) in [4.78, 5) is 17.0. The average Bonchev–Trinajstić information content (AvgIpc) is 2.18. The number of carboxylic acids is 1. The van der Waals surface area contributed by atoms with Crippen molar-refractivity contribution in [2.75, 3.05) is 14.1 Å². The fraction of sp³-hybridized carbons (Fsp3) is 0.222. The van der Waals surface area contributed by atoms with Crippen LogP contribution in [0.1, 0.15) is 10.5 Å². The Kier molecular flexibility index (Phi) is 4.05. The maximum Gasteiger partial charge on any atom is 0.354 e. The van der Waals surface area contributed by atoms with E-state index in [2.05, 4.69) is 4.98 Å². The number of carbonyl (C=O) groups is 1. The summed E-state index contributed by atoms with van der Waals surface area (Å²) >= 11 is 6.46. The number of carboxylic acid groups (broad SMARTS) is 1. The molecule has 0 saturated heterocycles. The van der Waals surface area contributed by atoms with Gasteiger partial charge in [0.15, 0.2) is 0 Å². The van der Waals surface area contributed by atoms with E-state index in [1.54, 1.807) is 6.07 Å². The molecule has 0 aromatic carbocycles. The second-order valence-electron chi connectivity index (χ2n) is 2.95. The van der Waals surface area contributed by atoms with E-state index in [9.17, 15) is 4.79 Å². The number of hydrogen-bond acceptors (Lipinski definition) is 4. The molecule has 0 amide bonds. The van der Waals surface area contributed by atoms with Crippen LogP contribution in [0, 0.1) is 0 Å². The molecule has 4 nitrogen and oxygen atoms in total. The van der Waals surface area contributed by atoms with Gasteiger partial charge in [0, 0.05) is 25.2 Å². The highest BCUT2D eigenvalue weighted by Crippen LogP contribution is 2.19. The van der Waals surface area contributed by atoms with Crippen molar-refractivity contribution >= 4 is 34.3 Å². The standard InChI is InChI=1S/C9H10N2O2S2/c1-11(2)9(14)15-6-3-4-7(8(12)13)10-5-6/h3-5H,1-2H3,(H,12,13). The highest BCUT2D eigenvalue weighted by atomic mass is 32.2. The third-order valence-electron chi connectivity index (χ3n) is 1.53. The van der Waals surface area contributed by atoms with Crippen molar-refractivity contribution < 1.29 is 9.90 Å². The number of thioether (sulfide) groups is 1. The Morgan fingerprint density at radius 3 is 2.60 bits per heavy atom. The molecule has 0 radical (unpaired) electrons. The number of nitrogens with zero attached hydrogens (tertiary/aromatic N) is 2. The lowest BCUT2D eigenvalue weighted by molar-refractivity contribution is 0.0690. The van der Waals surface area contributed by atoms with Crippen molar-refractivity contribution in [1.29, 1.82) is 0 Å². The van der Waals surface area contributed by atoms with Gasteiger partial charge in [0.1, 0.15) is 10.0 Å². The van der Waals surface area contributed by atoms with Gasteiger partial charge in [0.05, 0.1) is 0 Å². The van der Waals surface area contributed by atoms with E-state index >= 15 is 0 Å². The summed E-state index contributed by atoms with van der Waals surface area (Å²) in [5, 5.41) is 8.64. The van der Waals surface area contributed by atoms with Crippen LogP contribution in [0.15, 0.2) is 23.2 Å². The minimum atomic E-state index is -1.03. The summed E-state index contributed by atoms with van der Waals surface area (Å²) in [5.41, 5.74) is 0.0371. The first-order valence-electron chi connectivity index (χ1n) is 4.09. The first kappa shape index (κ1) is 11.9. The number of pyridine rings is 1. The minimum Gasteiger partial charge on any atom is -0.477 e.